The number of hydrogen-bond acceptors (Lipinski definition) is 8. The Morgan fingerprint density at radius 2 is 1.71 bits per heavy atom. The minimum absolute atomic E-state index is 0.0420. The first kappa shape index (κ1) is 23.0. The molecule has 0 saturated heterocycles. The van der Waals surface area contributed by atoms with E-state index in [4.69, 9.17) is 0 Å². The molecule has 0 fully saturated rings. The Labute approximate surface area is 198 Å². The molecular formula is C22H17N5O5S2. The van der Waals surface area contributed by atoms with E-state index in [1.807, 2.05) is 6.92 Å². The molecule has 0 atom stereocenters. The number of sulfonamides is 1. The number of aromatic nitrogens is 2. The molecule has 1 heterocycles. The van der Waals surface area contributed by atoms with Crippen LogP contribution in [0.2, 0.25) is 0 Å². The maximum atomic E-state index is 12.7. The molecule has 0 radical (unpaired) electrons. The van der Waals surface area contributed by atoms with Crippen molar-refractivity contribution in [2.75, 3.05) is 10.0 Å². The molecule has 4 rings (SSSR count). The third kappa shape index (κ3) is 5.24. The lowest BCUT2D eigenvalue weighted by atomic mass is 10.2. The number of nitrogens with one attached hydrogen (secondary N) is 2. The monoisotopic (exact) mass is 495 g/mol. The van der Waals surface area contributed by atoms with Crippen LogP contribution >= 0.6 is 11.3 Å². The van der Waals surface area contributed by atoms with Crippen molar-refractivity contribution in [3.05, 3.63) is 94.0 Å². The summed E-state index contributed by atoms with van der Waals surface area (Å²) in [5.41, 5.74) is 1.97. The Hall–Kier alpha value is -4.16. The maximum absolute atomic E-state index is 12.7. The van der Waals surface area contributed by atoms with Gasteiger partial charge in [0.15, 0.2) is 0 Å². The van der Waals surface area contributed by atoms with Gasteiger partial charge in [-0.1, -0.05) is 35.1 Å². The average Bonchev–Trinajstić information content (AvgIpc) is 3.28. The summed E-state index contributed by atoms with van der Waals surface area (Å²) in [4.78, 5) is 23.1. The summed E-state index contributed by atoms with van der Waals surface area (Å²) in [5.74, 6) is -0.497. The third-order valence-corrected chi connectivity index (χ3v) is 6.96. The maximum Gasteiger partial charge on any atom is 0.269 e. The zero-order valence-electron chi connectivity index (χ0n) is 17.6. The highest BCUT2D eigenvalue weighted by Gasteiger charge is 2.16. The van der Waals surface area contributed by atoms with Gasteiger partial charge in [0.25, 0.3) is 21.6 Å². The van der Waals surface area contributed by atoms with Crippen molar-refractivity contribution < 1.29 is 18.1 Å². The molecule has 1 aromatic heterocycles. The number of nitrogens with zero attached hydrogens (tertiary/aromatic N) is 3. The van der Waals surface area contributed by atoms with Gasteiger partial charge in [-0.25, -0.2) is 8.42 Å². The summed E-state index contributed by atoms with van der Waals surface area (Å²) >= 11 is 1.10. The van der Waals surface area contributed by atoms with Crippen molar-refractivity contribution in [3.63, 3.8) is 0 Å². The van der Waals surface area contributed by atoms with Crippen LogP contribution in [0.3, 0.4) is 0 Å². The Morgan fingerprint density at radius 3 is 2.38 bits per heavy atom. The molecule has 0 bridgehead atoms. The zero-order valence-corrected chi connectivity index (χ0v) is 19.3. The molecule has 1 amide bonds. The lowest BCUT2D eigenvalue weighted by molar-refractivity contribution is -0.384. The second kappa shape index (κ2) is 9.37. The van der Waals surface area contributed by atoms with Crippen LogP contribution < -0.4 is 10.0 Å². The molecule has 172 valence electrons. The van der Waals surface area contributed by atoms with Crippen molar-refractivity contribution in [3.8, 4) is 10.6 Å². The van der Waals surface area contributed by atoms with Gasteiger partial charge < -0.3 is 0 Å². The van der Waals surface area contributed by atoms with Crippen molar-refractivity contribution in [1.82, 2.24) is 10.2 Å². The SMILES string of the molecule is Cc1ccc(S(=O)(=O)Nc2cccc(C(=O)Nc3nnc(-c4ccc([N+](=O)[O-])cc4)s3)c2)cc1. The molecule has 0 saturated carbocycles. The second-order valence-corrected chi connectivity index (χ2v) is 9.83. The van der Waals surface area contributed by atoms with E-state index in [2.05, 4.69) is 20.2 Å². The van der Waals surface area contributed by atoms with Gasteiger partial charge in [-0.15, -0.1) is 10.2 Å². The number of carbonyl (C=O) groups excluding carboxylic acids is 1. The Balaban J connectivity index is 1.47. The normalized spacial score (nSPS) is 11.1. The van der Waals surface area contributed by atoms with Crippen LogP contribution in [-0.2, 0) is 10.0 Å². The van der Waals surface area contributed by atoms with Crippen LogP contribution in [0, 0.1) is 17.0 Å². The number of nitro groups is 1. The Kier molecular flexibility index (Phi) is 6.34. The quantitative estimate of drug-likeness (QED) is 0.284. The van der Waals surface area contributed by atoms with Crippen molar-refractivity contribution in [2.45, 2.75) is 11.8 Å². The molecule has 0 aliphatic carbocycles. The summed E-state index contributed by atoms with van der Waals surface area (Å²) in [6.07, 6.45) is 0. The summed E-state index contributed by atoms with van der Waals surface area (Å²) in [6.45, 7) is 1.86. The van der Waals surface area contributed by atoms with E-state index in [0.29, 0.717) is 10.6 Å². The number of rotatable bonds is 7. The molecule has 0 aliphatic rings. The fraction of sp³-hybridized carbons (Fsp3) is 0.0455. The molecule has 0 spiro atoms. The molecule has 0 aliphatic heterocycles. The van der Waals surface area contributed by atoms with E-state index >= 15 is 0 Å². The van der Waals surface area contributed by atoms with Crippen LogP contribution in [0.5, 0.6) is 0 Å². The van der Waals surface area contributed by atoms with E-state index < -0.39 is 20.9 Å². The van der Waals surface area contributed by atoms with Gasteiger partial charge in [0.05, 0.1) is 9.82 Å². The predicted molar refractivity (Wildman–Crippen MR) is 128 cm³/mol. The van der Waals surface area contributed by atoms with Crippen LogP contribution in [0.15, 0.2) is 77.7 Å². The van der Waals surface area contributed by atoms with Crippen molar-refractivity contribution in [1.29, 1.82) is 0 Å². The van der Waals surface area contributed by atoms with Crippen LogP contribution in [-0.4, -0.2) is 29.4 Å². The fourth-order valence-corrected chi connectivity index (χ4v) is 4.73. The number of anilines is 2. The number of carbonyl (C=O) groups is 1. The summed E-state index contributed by atoms with van der Waals surface area (Å²) in [7, 11) is -3.81. The fourth-order valence-electron chi connectivity index (χ4n) is 2.94. The lowest BCUT2D eigenvalue weighted by Crippen LogP contribution is -2.15. The number of aryl methyl sites for hydroxylation is 1. The summed E-state index contributed by atoms with van der Waals surface area (Å²) in [5, 5.41) is 22.1. The summed E-state index contributed by atoms with van der Waals surface area (Å²) < 4.78 is 27.7. The van der Waals surface area contributed by atoms with E-state index in [1.165, 1.54) is 36.4 Å². The van der Waals surface area contributed by atoms with Gasteiger partial charge in [-0.05, 0) is 49.4 Å². The molecule has 2 N–H and O–H groups in total. The highest BCUT2D eigenvalue weighted by molar-refractivity contribution is 7.92. The van der Waals surface area contributed by atoms with Gasteiger partial charge >= 0.3 is 0 Å². The first-order chi connectivity index (χ1) is 16.2. The predicted octanol–water partition coefficient (Wildman–Crippen LogP) is 4.47. The molecule has 34 heavy (non-hydrogen) atoms. The third-order valence-electron chi connectivity index (χ3n) is 4.68. The number of hydrogen-bond donors (Lipinski definition) is 2. The molecular weight excluding hydrogens is 478 g/mol. The average molecular weight is 496 g/mol. The Morgan fingerprint density at radius 1 is 1.00 bits per heavy atom. The Bertz CT molecular complexity index is 1470. The van der Waals surface area contributed by atoms with E-state index in [0.717, 1.165) is 16.9 Å². The first-order valence-electron chi connectivity index (χ1n) is 9.80. The van der Waals surface area contributed by atoms with Crippen LogP contribution in [0.25, 0.3) is 10.6 Å². The van der Waals surface area contributed by atoms with Crippen molar-refractivity contribution in [2.24, 2.45) is 0 Å². The smallest absolute Gasteiger partial charge is 0.269 e. The number of benzene rings is 3. The molecule has 10 nitrogen and oxygen atoms in total. The minimum Gasteiger partial charge on any atom is -0.296 e. The second-order valence-electron chi connectivity index (χ2n) is 7.17. The van der Waals surface area contributed by atoms with Crippen LogP contribution in [0.1, 0.15) is 15.9 Å². The molecule has 3 aromatic carbocycles. The van der Waals surface area contributed by atoms with Gasteiger partial charge in [0.2, 0.25) is 5.13 Å². The molecule has 4 aromatic rings. The van der Waals surface area contributed by atoms with Gasteiger partial charge in [0, 0.05) is 28.9 Å². The number of amides is 1. The number of nitro benzene ring substituents is 1. The van der Waals surface area contributed by atoms with Crippen LogP contribution in [0.4, 0.5) is 16.5 Å². The van der Waals surface area contributed by atoms with E-state index in [-0.39, 0.29) is 27.0 Å². The topological polar surface area (TPSA) is 144 Å². The van der Waals surface area contributed by atoms with Gasteiger partial charge in [0.1, 0.15) is 5.01 Å². The largest absolute Gasteiger partial charge is 0.296 e. The zero-order chi connectivity index (χ0) is 24.3. The highest BCUT2D eigenvalue weighted by atomic mass is 32.2. The number of non-ortho nitro benzene ring substituents is 1. The van der Waals surface area contributed by atoms with E-state index in [1.54, 1.807) is 36.4 Å². The minimum atomic E-state index is -3.81. The molecule has 12 heteroatoms. The summed E-state index contributed by atoms with van der Waals surface area (Å²) in [6, 6.07) is 18.3. The van der Waals surface area contributed by atoms with Gasteiger partial charge in [-0.3, -0.25) is 24.9 Å². The van der Waals surface area contributed by atoms with E-state index in [9.17, 15) is 23.3 Å². The molecule has 0 unspecified atom stereocenters. The lowest BCUT2D eigenvalue weighted by Gasteiger charge is -2.09. The standard InChI is InChI=1S/C22H17N5O5S2/c1-14-5-11-19(12-6-14)34(31,32)26-17-4-2-3-16(13-17)20(28)23-22-25-24-21(33-22)15-7-9-18(10-8-15)27(29)30/h2-13,26H,1H3,(H,23,25,28). The van der Waals surface area contributed by atoms with Crippen molar-refractivity contribution >= 4 is 43.8 Å². The highest BCUT2D eigenvalue weighted by Crippen LogP contribution is 2.28. The first-order valence-corrected chi connectivity index (χ1v) is 12.1. The van der Waals surface area contributed by atoms with Gasteiger partial charge in [-0.2, -0.15) is 0 Å².